The van der Waals surface area contributed by atoms with Crippen molar-refractivity contribution in [1.29, 1.82) is 0 Å². The molecule has 108 valence electrons. The van der Waals surface area contributed by atoms with Crippen LogP contribution in [0.15, 0.2) is 36.4 Å². The van der Waals surface area contributed by atoms with Crippen molar-refractivity contribution in [3.63, 3.8) is 0 Å². The van der Waals surface area contributed by atoms with E-state index in [1.807, 2.05) is 0 Å². The maximum Gasteiger partial charge on any atom is 0.297 e. The Bertz CT molecular complexity index is 537. The first kappa shape index (κ1) is 14.6. The smallest absolute Gasteiger partial charge is 0.260 e. The summed E-state index contributed by atoms with van der Waals surface area (Å²) < 4.78 is 4.47. The number of aromatic nitrogens is 2. The number of hydrogen-bond donors (Lipinski definition) is 0. The van der Waals surface area contributed by atoms with Gasteiger partial charge >= 0.3 is 0 Å². The quantitative estimate of drug-likeness (QED) is 0.736. The van der Waals surface area contributed by atoms with Crippen LogP contribution in [0.25, 0.3) is 11.3 Å². The number of rotatable bonds is 6. The average Bonchev–Trinajstić information content (AvgIpc) is 2.76. The summed E-state index contributed by atoms with van der Waals surface area (Å²) in [5.74, 6) is 1.30. The minimum absolute atomic E-state index is 1.11. The van der Waals surface area contributed by atoms with Crippen molar-refractivity contribution in [3.05, 3.63) is 36.4 Å². The maximum atomic E-state index is 2.48. The van der Waals surface area contributed by atoms with Gasteiger partial charge in [0.2, 0.25) is 0 Å². The highest BCUT2D eigenvalue weighted by atomic mass is 15.4. The average molecular weight is 272 g/mol. The van der Waals surface area contributed by atoms with E-state index in [9.17, 15) is 0 Å². The van der Waals surface area contributed by atoms with E-state index >= 15 is 0 Å². The van der Waals surface area contributed by atoms with Crippen LogP contribution in [-0.2, 0) is 14.1 Å². The second-order valence-electron chi connectivity index (χ2n) is 5.29. The van der Waals surface area contributed by atoms with Gasteiger partial charge in [0.15, 0.2) is 0 Å². The molecule has 0 saturated carbocycles. The fourth-order valence-corrected chi connectivity index (χ4v) is 2.68. The molecule has 1 aromatic carbocycles. The van der Waals surface area contributed by atoms with Crippen molar-refractivity contribution in [2.45, 2.75) is 26.7 Å². The summed E-state index contributed by atoms with van der Waals surface area (Å²) in [7, 11) is 4.27. The van der Waals surface area contributed by atoms with E-state index in [0.717, 1.165) is 13.1 Å². The van der Waals surface area contributed by atoms with Gasteiger partial charge in [-0.3, -0.25) is 4.90 Å². The zero-order chi connectivity index (χ0) is 14.5. The van der Waals surface area contributed by atoms with Gasteiger partial charge in [-0.1, -0.05) is 44.2 Å². The third kappa shape index (κ3) is 2.87. The van der Waals surface area contributed by atoms with Crippen molar-refractivity contribution in [2.75, 3.05) is 18.0 Å². The molecule has 0 radical (unpaired) electrons. The van der Waals surface area contributed by atoms with E-state index in [1.165, 1.54) is 29.9 Å². The molecule has 3 nitrogen and oxygen atoms in total. The highest BCUT2D eigenvalue weighted by Gasteiger charge is 2.22. The molecule has 1 heterocycles. The van der Waals surface area contributed by atoms with Crippen LogP contribution in [0.3, 0.4) is 0 Å². The van der Waals surface area contributed by atoms with Gasteiger partial charge < -0.3 is 0 Å². The second kappa shape index (κ2) is 6.60. The van der Waals surface area contributed by atoms with Crippen LogP contribution in [-0.4, -0.2) is 17.8 Å². The Labute approximate surface area is 122 Å². The van der Waals surface area contributed by atoms with E-state index < -0.39 is 0 Å². The molecule has 3 heteroatoms. The molecule has 1 aromatic heterocycles. The Morgan fingerprint density at radius 3 is 2.20 bits per heavy atom. The predicted octanol–water partition coefficient (Wildman–Crippen LogP) is 3.14. The minimum atomic E-state index is 1.11. The molecule has 0 spiro atoms. The molecule has 2 rings (SSSR count). The third-order valence-electron chi connectivity index (χ3n) is 3.78. The summed E-state index contributed by atoms with van der Waals surface area (Å²) >= 11 is 0. The fourth-order valence-electron chi connectivity index (χ4n) is 2.68. The highest BCUT2D eigenvalue weighted by Crippen LogP contribution is 2.22. The molecule has 0 bridgehead atoms. The number of nitrogens with zero attached hydrogens (tertiary/aromatic N) is 3. The van der Waals surface area contributed by atoms with Crippen molar-refractivity contribution >= 4 is 5.82 Å². The highest BCUT2D eigenvalue weighted by molar-refractivity contribution is 5.62. The Hall–Kier alpha value is -1.77. The van der Waals surface area contributed by atoms with Gasteiger partial charge in [-0.2, -0.15) is 4.68 Å². The lowest BCUT2D eigenvalue weighted by Gasteiger charge is -2.15. The lowest BCUT2D eigenvalue weighted by molar-refractivity contribution is -0.738. The summed E-state index contributed by atoms with van der Waals surface area (Å²) in [5.41, 5.74) is 2.53. The van der Waals surface area contributed by atoms with Gasteiger partial charge in [-0.15, -0.1) is 0 Å². The lowest BCUT2D eigenvalue weighted by atomic mass is 10.1. The van der Waals surface area contributed by atoms with Crippen LogP contribution in [0.1, 0.15) is 26.7 Å². The molecule has 0 N–H and O–H groups in total. The molecular weight excluding hydrogens is 246 g/mol. The van der Waals surface area contributed by atoms with E-state index in [0.29, 0.717) is 0 Å². The third-order valence-corrected chi connectivity index (χ3v) is 3.78. The van der Waals surface area contributed by atoms with E-state index in [1.54, 1.807) is 0 Å². The first-order valence-corrected chi connectivity index (χ1v) is 7.55. The fraction of sp³-hybridized carbons (Fsp3) is 0.471. The molecule has 20 heavy (non-hydrogen) atoms. The molecule has 0 fully saturated rings. The Morgan fingerprint density at radius 1 is 1.05 bits per heavy atom. The maximum absolute atomic E-state index is 2.48. The van der Waals surface area contributed by atoms with Gasteiger partial charge in [0.25, 0.3) is 5.82 Å². The van der Waals surface area contributed by atoms with E-state index in [2.05, 4.69) is 78.6 Å². The van der Waals surface area contributed by atoms with Crippen LogP contribution < -0.4 is 9.58 Å². The normalized spacial score (nSPS) is 10.8. The van der Waals surface area contributed by atoms with Crippen LogP contribution in [0.2, 0.25) is 0 Å². The molecule has 0 aliphatic rings. The molecule has 0 atom stereocenters. The first-order valence-electron chi connectivity index (χ1n) is 7.55. The number of hydrogen-bond acceptors (Lipinski definition) is 1. The first-order chi connectivity index (χ1) is 9.69. The molecule has 2 aromatic rings. The van der Waals surface area contributed by atoms with Crippen LogP contribution in [0, 0.1) is 0 Å². The van der Waals surface area contributed by atoms with Crippen LogP contribution in [0.4, 0.5) is 5.82 Å². The van der Waals surface area contributed by atoms with E-state index in [4.69, 9.17) is 0 Å². The summed E-state index contributed by atoms with van der Waals surface area (Å²) in [5, 5.41) is 0. The number of anilines is 1. The summed E-state index contributed by atoms with van der Waals surface area (Å²) in [4.78, 5) is 2.48. The zero-order valence-corrected chi connectivity index (χ0v) is 13.1. The van der Waals surface area contributed by atoms with Gasteiger partial charge in [-0.25, -0.2) is 4.68 Å². The Kier molecular flexibility index (Phi) is 4.83. The summed E-state index contributed by atoms with van der Waals surface area (Å²) in [6.45, 7) is 6.70. The molecule has 0 saturated heterocycles. The van der Waals surface area contributed by atoms with Gasteiger partial charge in [0.05, 0.1) is 24.8 Å². The van der Waals surface area contributed by atoms with E-state index in [-0.39, 0.29) is 0 Å². The summed E-state index contributed by atoms with van der Waals surface area (Å²) in [6.07, 6.45) is 2.35. The minimum Gasteiger partial charge on any atom is -0.260 e. The van der Waals surface area contributed by atoms with Crippen molar-refractivity contribution in [3.8, 4) is 11.3 Å². The van der Waals surface area contributed by atoms with Crippen molar-refractivity contribution < 1.29 is 4.68 Å². The topological polar surface area (TPSA) is 12.1 Å². The molecule has 0 amide bonds. The predicted molar refractivity (Wildman–Crippen MR) is 84.8 cm³/mol. The molecule has 0 aliphatic heterocycles. The monoisotopic (exact) mass is 272 g/mol. The lowest BCUT2D eigenvalue weighted by Crippen LogP contribution is -2.44. The van der Waals surface area contributed by atoms with Gasteiger partial charge in [-0.05, 0) is 12.8 Å². The molecule has 0 aliphatic carbocycles. The van der Waals surface area contributed by atoms with Gasteiger partial charge in [0, 0.05) is 12.6 Å². The number of benzene rings is 1. The van der Waals surface area contributed by atoms with Crippen LogP contribution in [0.5, 0.6) is 0 Å². The van der Waals surface area contributed by atoms with Crippen molar-refractivity contribution in [1.82, 2.24) is 4.68 Å². The largest absolute Gasteiger partial charge is 0.297 e. The standard InChI is InChI=1S/C17H26N3/c1-5-12-20(13-6-2)17-14-16(18(3)19(17)4)15-10-8-7-9-11-15/h7-11,14H,5-6,12-13H2,1-4H3/q+1. The summed E-state index contributed by atoms with van der Waals surface area (Å²) in [6, 6.07) is 12.9. The van der Waals surface area contributed by atoms with Crippen LogP contribution >= 0.6 is 0 Å². The molecular formula is C17H26N3+. The Morgan fingerprint density at radius 2 is 1.65 bits per heavy atom. The Balaban J connectivity index is 2.41. The SMILES string of the molecule is CCCN(CCC)c1cc(-c2ccccc2)n(C)[n+]1C. The zero-order valence-electron chi connectivity index (χ0n) is 13.1. The second-order valence-corrected chi connectivity index (χ2v) is 5.29. The van der Waals surface area contributed by atoms with Gasteiger partial charge in [0.1, 0.15) is 7.05 Å². The molecule has 0 unspecified atom stereocenters. The van der Waals surface area contributed by atoms with Crippen molar-refractivity contribution in [2.24, 2.45) is 14.1 Å².